The Kier molecular flexibility index (Phi) is 5.98. The van der Waals surface area contributed by atoms with Gasteiger partial charge in [0.2, 0.25) is 10.0 Å². The van der Waals surface area contributed by atoms with Crippen molar-refractivity contribution in [3.05, 3.63) is 53.6 Å². The minimum atomic E-state index is -3.85. The number of benzene rings is 2. The molecule has 26 heavy (non-hydrogen) atoms. The zero-order chi connectivity index (χ0) is 19.5. The van der Waals surface area contributed by atoms with E-state index in [1.807, 2.05) is 13.0 Å². The fraction of sp³-hybridized carbons (Fsp3) is 0.333. The highest BCUT2D eigenvalue weighted by Crippen LogP contribution is 2.24. The summed E-state index contributed by atoms with van der Waals surface area (Å²) < 4.78 is 54.7. The molecule has 8 heteroatoms. The zero-order valence-electron chi connectivity index (χ0n) is 15.3. The van der Waals surface area contributed by atoms with Gasteiger partial charge in [0.1, 0.15) is 0 Å². The molecule has 0 bridgehead atoms. The van der Waals surface area contributed by atoms with Crippen LogP contribution in [0.1, 0.15) is 25.0 Å². The monoisotopic (exact) mass is 396 g/mol. The predicted molar refractivity (Wildman–Crippen MR) is 105 cm³/mol. The second kappa shape index (κ2) is 7.67. The molecule has 0 unspecified atom stereocenters. The van der Waals surface area contributed by atoms with Gasteiger partial charge in [-0.25, -0.2) is 16.8 Å². The van der Waals surface area contributed by atoms with Crippen molar-refractivity contribution >= 4 is 31.4 Å². The average molecular weight is 397 g/mol. The highest BCUT2D eigenvalue weighted by molar-refractivity contribution is 7.93. The smallest absolute Gasteiger partial charge is 0.262 e. The van der Waals surface area contributed by atoms with Crippen LogP contribution in [0.2, 0.25) is 0 Å². The Bertz CT molecular complexity index is 998. The molecule has 6 nitrogen and oxygen atoms in total. The predicted octanol–water partition coefficient (Wildman–Crippen LogP) is 3.50. The average Bonchev–Trinajstić information content (AvgIpc) is 2.47. The number of hydrogen-bond donors (Lipinski definition) is 2. The normalized spacial score (nSPS) is 12.2. The highest BCUT2D eigenvalue weighted by atomic mass is 32.2. The zero-order valence-corrected chi connectivity index (χ0v) is 16.9. The van der Waals surface area contributed by atoms with Gasteiger partial charge in [-0.1, -0.05) is 32.0 Å². The van der Waals surface area contributed by atoms with Gasteiger partial charge in [-0.05, 0) is 55.2 Å². The molecule has 2 aromatic rings. The van der Waals surface area contributed by atoms with Gasteiger partial charge < -0.3 is 0 Å². The molecule has 142 valence electrons. The van der Waals surface area contributed by atoms with Crippen LogP contribution in [0.25, 0.3) is 0 Å². The van der Waals surface area contributed by atoms with Crippen LogP contribution in [-0.2, 0) is 20.0 Å². The molecule has 2 aromatic carbocycles. The van der Waals surface area contributed by atoms with Crippen molar-refractivity contribution in [2.24, 2.45) is 5.92 Å². The Labute approximate surface area is 155 Å². The van der Waals surface area contributed by atoms with Gasteiger partial charge in [0.15, 0.2) is 0 Å². The van der Waals surface area contributed by atoms with Gasteiger partial charge in [-0.2, -0.15) is 0 Å². The molecular weight excluding hydrogens is 372 g/mol. The summed E-state index contributed by atoms with van der Waals surface area (Å²) in [6.07, 6.45) is 0. The van der Waals surface area contributed by atoms with E-state index in [0.29, 0.717) is 11.3 Å². The van der Waals surface area contributed by atoms with Crippen molar-refractivity contribution in [1.82, 2.24) is 0 Å². The van der Waals surface area contributed by atoms with Crippen molar-refractivity contribution in [1.29, 1.82) is 0 Å². The van der Waals surface area contributed by atoms with E-state index in [9.17, 15) is 16.8 Å². The van der Waals surface area contributed by atoms with Crippen LogP contribution in [0.15, 0.2) is 47.4 Å². The molecule has 0 atom stereocenters. The highest BCUT2D eigenvalue weighted by Gasteiger charge is 2.19. The first kappa shape index (κ1) is 20.3. The van der Waals surface area contributed by atoms with E-state index >= 15 is 0 Å². The first-order chi connectivity index (χ1) is 12.0. The lowest BCUT2D eigenvalue weighted by Gasteiger charge is -2.14. The summed E-state index contributed by atoms with van der Waals surface area (Å²) in [5.41, 5.74) is 2.13. The summed E-state index contributed by atoms with van der Waals surface area (Å²) in [6, 6.07) is 11.5. The minimum absolute atomic E-state index is 0.0313. The molecular formula is C18H24N2O4S2. The summed E-state index contributed by atoms with van der Waals surface area (Å²) >= 11 is 0. The van der Waals surface area contributed by atoms with E-state index in [4.69, 9.17) is 0 Å². The van der Waals surface area contributed by atoms with Crippen LogP contribution in [0.3, 0.4) is 0 Å². The molecule has 0 aliphatic rings. The number of sulfonamides is 2. The van der Waals surface area contributed by atoms with Crippen molar-refractivity contribution in [3.8, 4) is 0 Å². The number of rotatable bonds is 7. The van der Waals surface area contributed by atoms with Crippen LogP contribution in [0, 0.1) is 19.8 Å². The van der Waals surface area contributed by atoms with Crippen LogP contribution in [0.5, 0.6) is 0 Å². The summed E-state index contributed by atoms with van der Waals surface area (Å²) in [6.45, 7) is 7.14. The van der Waals surface area contributed by atoms with E-state index in [1.165, 1.54) is 6.07 Å². The Morgan fingerprint density at radius 2 is 1.54 bits per heavy atom. The minimum Gasteiger partial charge on any atom is -0.284 e. The second-order valence-electron chi connectivity index (χ2n) is 6.73. The quantitative estimate of drug-likeness (QED) is 0.749. The van der Waals surface area contributed by atoms with Gasteiger partial charge in [0.25, 0.3) is 10.0 Å². The Balaban J connectivity index is 2.34. The maximum Gasteiger partial charge on any atom is 0.262 e. The fourth-order valence-corrected chi connectivity index (χ4v) is 5.30. The molecule has 0 radical (unpaired) electrons. The first-order valence-corrected chi connectivity index (χ1v) is 11.3. The van der Waals surface area contributed by atoms with E-state index in [-0.39, 0.29) is 22.3 Å². The van der Waals surface area contributed by atoms with E-state index < -0.39 is 20.0 Å². The maximum absolute atomic E-state index is 12.7. The number of hydrogen-bond acceptors (Lipinski definition) is 4. The molecule has 0 aliphatic heterocycles. The van der Waals surface area contributed by atoms with Crippen molar-refractivity contribution in [2.45, 2.75) is 32.6 Å². The molecule has 2 N–H and O–H groups in total. The summed E-state index contributed by atoms with van der Waals surface area (Å²) in [5, 5.41) is 0. The molecule has 0 aromatic heterocycles. The molecule has 0 heterocycles. The van der Waals surface area contributed by atoms with Crippen molar-refractivity contribution in [3.63, 3.8) is 0 Å². The fourth-order valence-electron chi connectivity index (χ4n) is 2.53. The van der Waals surface area contributed by atoms with Crippen LogP contribution in [0.4, 0.5) is 11.4 Å². The maximum atomic E-state index is 12.7. The number of anilines is 2. The second-order valence-corrected chi connectivity index (χ2v) is 10.2. The van der Waals surface area contributed by atoms with Crippen molar-refractivity contribution < 1.29 is 16.8 Å². The van der Waals surface area contributed by atoms with E-state index in [0.717, 1.165) is 5.56 Å². The topological polar surface area (TPSA) is 92.3 Å². The lowest BCUT2D eigenvalue weighted by atomic mass is 10.2. The lowest BCUT2D eigenvalue weighted by Crippen LogP contribution is -2.20. The third-order valence-corrected chi connectivity index (χ3v) is 6.75. The third kappa shape index (κ3) is 5.47. The SMILES string of the molecule is Cc1cccc(NS(=O)(=O)c2cc(NS(=O)(=O)CC(C)C)ccc2C)c1. The molecule has 0 amide bonds. The molecule has 0 spiro atoms. The Morgan fingerprint density at radius 1 is 0.885 bits per heavy atom. The van der Waals surface area contributed by atoms with Gasteiger partial charge in [-0.3, -0.25) is 9.44 Å². The van der Waals surface area contributed by atoms with Gasteiger partial charge >= 0.3 is 0 Å². The van der Waals surface area contributed by atoms with Crippen LogP contribution in [-0.4, -0.2) is 22.6 Å². The van der Waals surface area contributed by atoms with Gasteiger partial charge in [0, 0.05) is 11.4 Å². The molecule has 2 rings (SSSR count). The Hall–Kier alpha value is -2.06. The Morgan fingerprint density at radius 3 is 2.15 bits per heavy atom. The molecule has 0 saturated heterocycles. The van der Waals surface area contributed by atoms with E-state index in [2.05, 4.69) is 9.44 Å². The molecule has 0 saturated carbocycles. The first-order valence-electron chi connectivity index (χ1n) is 8.19. The van der Waals surface area contributed by atoms with E-state index in [1.54, 1.807) is 51.1 Å². The van der Waals surface area contributed by atoms with Crippen LogP contribution < -0.4 is 9.44 Å². The van der Waals surface area contributed by atoms with Crippen LogP contribution >= 0.6 is 0 Å². The largest absolute Gasteiger partial charge is 0.284 e. The summed E-state index contributed by atoms with van der Waals surface area (Å²) in [7, 11) is -7.39. The van der Waals surface area contributed by atoms with Gasteiger partial charge in [0.05, 0.1) is 10.6 Å². The summed E-state index contributed by atoms with van der Waals surface area (Å²) in [5.74, 6) is -0.0750. The molecule has 0 fully saturated rings. The van der Waals surface area contributed by atoms with Gasteiger partial charge in [-0.15, -0.1) is 0 Å². The molecule has 0 aliphatic carbocycles. The summed E-state index contributed by atoms with van der Waals surface area (Å²) in [4.78, 5) is 0.0313. The standard InChI is InChI=1S/C18H24N2O4S2/c1-13(2)12-25(21,22)19-17-9-8-15(4)18(11-17)26(23,24)20-16-7-5-6-14(3)10-16/h5-11,13,19-20H,12H2,1-4H3. The lowest BCUT2D eigenvalue weighted by molar-refractivity contribution is 0.587. The van der Waals surface area contributed by atoms with Crippen molar-refractivity contribution in [2.75, 3.05) is 15.2 Å². The number of nitrogens with one attached hydrogen (secondary N) is 2. The third-order valence-electron chi connectivity index (χ3n) is 3.57. The number of aryl methyl sites for hydroxylation is 2.